The molecule has 0 aromatic heterocycles. The van der Waals surface area contributed by atoms with Crippen molar-refractivity contribution in [3.63, 3.8) is 0 Å². The second-order valence-electron chi connectivity index (χ2n) is 6.07. The van der Waals surface area contributed by atoms with Gasteiger partial charge in [-0.1, -0.05) is 48.0 Å². The van der Waals surface area contributed by atoms with Crippen molar-refractivity contribution < 1.29 is 4.79 Å². The summed E-state index contributed by atoms with van der Waals surface area (Å²) in [5.41, 5.74) is 10.1. The summed E-state index contributed by atoms with van der Waals surface area (Å²) in [4.78, 5) is 14.8. The van der Waals surface area contributed by atoms with Crippen LogP contribution in [0.5, 0.6) is 0 Å². The van der Waals surface area contributed by atoms with Gasteiger partial charge in [0.2, 0.25) is 0 Å². The van der Waals surface area contributed by atoms with Gasteiger partial charge >= 0.3 is 0 Å². The lowest BCUT2D eigenvalue weighted by molar-refractivity contribution is 0.0709. The fourth-order valence-corrected chi connectivity index (χ4v) is 3.10. The van der Waals surface area contributed by atoms with Gasteiger partial charge in [-0.25, -0.2) is 0 Å². The molecule has 3 rings (SSSR count). The Labute approximate surface area is 131 Å². The first kappa shape index (κ1) is 14.8. The third kappa shape index (κ3) is 3.04. The molecule has 1 unspecified atom stereocenters. The average Bonchev–Trinajstić information content (AvgIpc) is 2.54. The highest BCUT2D eigenvalue weighted by atomic mass is 16.2. The quantitative estimate of drug-likeness (QED) is 0.924. The molecule has 0 spiro atoms. The minimum absolute atomic E-state index is 0.0901. The van der Waals surface area contributed by atoms with Crippen LogP contribution in [-0.4, -0.2) is 29.9 Å². The Morgan fingerprint density at radius 3 is 2.77 bits per heavy atom. The van der Waals surface area contributed by atoms with Crippen molar-refractivity contribution >= 4 is 5.91 Å². The molecule has 114 valence electrons. The third-order valence-electron chi connectivity index (χ3n) is 4.23. The SMILES string of the molecule is Cc1cccc(-c2ccccc2C(=O)N2CCCC(N)C2)c1. The Morgan fingerprint density at radius 1 is 1.18 bits per heavy atom. The first-order valence-corrected chi connectivity index (χ1v) is 7.86. The van der Waals surface area contributed by atoms with Crippen molar-refractivity contribution in [1.29, 1.82) is 0 Å². The zero-order valence-electron chi connectivity index (χ0n) is 13.0. The highest BCUT2D eigenvalue weighted by molar-refractivity contribution is 6.01. The maximum absolute atomic E-state index is 12.9. The lowest BCUT2D eigenvalue weighted by Gasteiger charge is -2.31. The molecule has 0 aliphatic carbocycles. The summed E-state index contributed by atoms with van der Waals surface area (Å²) in [6, 6.07) is 16.2. The van der Waals surface area contributed by atoms with Crippen molar-refractivity contribution in [3.8, 4) is 11.1 Å². The Bertz CT molecular complexity index is 681. The summed E-state index contributed by atoms with van der Waals surface area (Å²) in [5.74, 6) is 0.0901. The van der Waals surface area contributed by atoms with Crippen LogP contribution in [0, 0.1) is 6.92 Å². The summed E-state index contributed by atoms with van der Waals surface area (Å²) < 4.78 is 0. The van der Waals surface area contributed by atoms with E-state index in [9.17, 15) is 4.79 Å². The first-order valence-electron chi connectivity index (χ1n) is 7.86. The zero-order valence-corrected chi connectivity index (χ0v) is 13.0. The number of aryl methyl sites for hydroxylation is 1. The number of carbonyl (C=O) groups excluding carboxylic acids is 1. The number of amides is 1. The van der Waals surface area contributed by atoms with Gasteiger partial charge in [-0.2, -0.15) is 0 Å². The van der Waals surface area contributed by atoms with Gasteiger partial charge in [-0.3, -0.25) is 4.79 Å². The van der Waals surface area contributed by atoms with E-state index < -0.39 is 0 Å². The first-order chi connectivity index (χ1) is 10.6. The summed E-state index contributed by atoms with van der Waals surface area (Å²) in [6.45, 7) is 3.52. The summed E-state index contributed by atoms with van der Waals surface area (Å²) in [6.07, 6.45) is 1.99. The molecule has 22 heavy (non-hydrogen) atoms. The Hall–Kier alpha value is -2.13. The van der Waals surface area contributed by atoms with E-state index in [2.05, 4.69) is 25.1 Å². The van der Waals surface area contributed by atoms with Gasteiger partial charge in [0, 0.05) is 24.7 Å². The molecule has 0 radical (unpaired) electrons. The molecular weight excluding hydrogens is 272 g/mol. The van der Waals surface area contributed by atoms with E-state index in [1.807, 2.05) is 35.2 Å². The Kier molecular flexibility index (Phi) is 4.25. The molecule has 0 bridgehead atoms. The van der Waals surface area contributed by atoms with E-state index in [1.165, 1.54) is 5.56 Å². The Morgan fingerprint density at radius 2 is 2.00 bits per heavy atom. The van der Waals surface area contributed by atoms with Crippen molar-refractivity contribution in [1.82, 2.24) is 4.90 Å². The second-order valence-corrected chi connectivity index (χ2v) is 6.07. The number of rotatable bonds is 2. The number of hydrogen-bond acceptors (Lipinski definition) is 2. The number of nitrogens with zero attached hydrogens (tertiary/aromatic N) is 1. The van der Waals surface area contributed by atoms with E-state index >= 15 is 0 Å². The van der Waals surface area contributed by atoms with Gasteiger partial charge in [0.05, 0.1) is 0 Å². The molecule has 2 aromatic rings. The number of likely N-dealkylation sites (tertiary alicyclic amines) is 1. The van der Waals surface area contributed by atoms with Crippen LogP contribution in [0.25, 0.3) is 11.1 Å². The summed E-state index contributed by atoms with van der Waals surface area (Å²) in [5, 5.41) is 0. The number of nitrogens with two attached hydrogens (primary N) is 1. The molecule has 1 atom stereocenters. The molecule has 1 aliphatic rings. The van der Waals surface area contributed by atoms with Crippen LogP contribution < -0.4 is 5.73 Å². The summed E-state index contributed by atoms with van der Waals surface area (Å²) in [7, 11) is 0. The van der Waals surface area contributed by atoms with Crippen molar-refractivity contribution in [2.24, 2.45) is 5.73 Å². The number of carbonyl (C=O) groups is 1. The Balaban J connectivity index is 1.96. The molecule has 1 heterocycles. The van der Waals surface area contributed by atoms with Crippen LogP contribution >= 0.6 is 0 Å². The minimum atomic E-state index is 0.0901. The number of piperidine rings is 1. The molecule has 1 amide bonds. The molecule has 3 nitrogen and oxygen atoms in total. The van der Waals surface area contributed by atoms with Crippen LogP contribution in [0.2, 0.25) is 0 Å². The summed E-state index contributed by atoms with van der Waals surface area (Å²) >= 11 is 0. The minimum Gasteiger partial charge on any atom is -0.337 e. The lowest BCUT2D eigenvalue weighted by atomic mass is 9.96. The molecule has 2 aromatic carbocycles. The van der Waals surface area contributed by atoms with E-state index in [4.69, 9.17) is 5.73 Å². The van der Waals surface area contributed by atoms with Gasteiger partial charge < -0.3 is 10.6 Å². The predicted molar refractivity (Wildman–Crippen MR) is 89.7 cm³/mol. The molecular formula is C19H22N2O. The highest BCUT2D eigenvalue weighted by Gasteiger charge is 2.24. The fourth-order valence-electron chi connectivity index (χ4n) is 3.10. The molecule has 2 N–H and O–H groups in total. The van der Waals surface area contributed by atoms with E-state index in [0.29, 0.717) is 6.54 Å². The van der Waals surface area contributed by atoms with Gasteiger partial charge in [0.25, 0.3) is 5.91 Å². The highest BCUT2D eigenvalue weighted by Crippen LogP contribution is 2.26. The van der Waals surface area contributed by atoms with E-state index in [0.717, 1.165) is 36.1 Å². The zero-order chi connectivity index (χ0) is 15.5. The molecule has 1 saturated heterocycles. The van der Waals surface area contributed by atoms with Crippen LogP contribution in [0.3, 0.4) is 0 Å². The smallest absolute Gasteiger partial charge is 0.254 e. The fraction of sp³-hybridized carbons (Fsp3) is 0.316. The van der Waals surface area contributed by atoms with Gasteiger partial charge in [0.15, 0.2) is 0 Å². The molecule has 0 saturated carbocycles. The van der Waals surface area contributed by atoms with Crippen molar-refractivity contribution in [3.05, 3.63) is 59.7 Å². The maximum Gasteiger partial charge on any atom is 0.254 e. The molecule has 3 heteroatoms. The molecule has 1 fully saturated rings. The maximum atomic E-state index is 12.9. The van der Waals surface area contributed by atoms with Crippen molar-refractivity contribution in [2.75, 3.05) is 13.1 Å². The van der Waals surface area contributed by atoms with Gasteiger partial charge in [-0.05, 0) is 37.0 Å². The van der Waals surface area contributed by atoms with Crippen LogP contribution in [-0.2, 0) is 0 Å². The topological polar surface area (TPSA) is 46.3 Å². The largest absolute Gasteiger partial charge is 0.337 e. The molecule has 1 aliphatic heterocycles. The number of benzene rings is 2. The number of hydrogen-bond donors (Lipinski definition) is 1. The normalized spacial score (nSPS) is 18.3. The standard InChI is InChI=1S/C19H22N2O/c1-14-6-4-7-15(12-14)17-9-2-3-10-18(17)19(22)21-11-5-8-16(20)13-21/h2-4,6-7,9-10,12,16H,5,8,11,13,20H2,1H3. The third-order valence-corrected chi connectivity index (χ3v) is 4.23. The monoisotopic (exact) mass is 294 g/mol. The average molecular weight is 294 g/mol. The second kappa shape index (κ2) is 6.32. The predicted octanol–water partition coefficient (Wildman–Crippen LogP) is 3.23. The van der Waals surface area contributed by atoms with Crippen molar-refractivity contribution in [2.45, 2.75) is 25.8 Å². The van der Waals surface area contributed by atoms with E-state index in [-0.39, 0.29) is 11.9 Å². The van der Waals surface area contributed by atoms with Gasteiger partial charge in [0.1, 0.15) is 0 Å². The van der Waals surface area contributed by atoms with Crippen LogP contribution in [0.4, 0.5) is 0 Å². The van der Waals surface area contributed by atoms with E-state index in [1.54, 1.807) is 0 Å². The van der Waals surface area contributed by atoms with Gasteiger partial charge in [-0.15, -0.1) is 0 Å². The van der Waals surface area contributed by atoms with Crippen LogP contribution in [0.15, 0.2) is 48.5 Å². The van der Waals surface area contributed by atoms with Crippen LogP contribution in [0.1, 0.15) is 28.8 Å². The lowest BCUT2D eigenvalue weighted by Crippen LogP contribution is -2.45.